The summed E-state index contributed by atoms with van der Waals surface area (Å²) in [6.07, 6.45) is 0. The number of aryl methyl sites for hydroxylation is 2. The molecular weight excluding hydrogens is 484 g/mol. The van der Waals surface area contributed by atoms with E-state index in [9.17, 15) is 16.8 Å². The van der Waals surface area contributed by atoms with Crippen LogP contribution in [-0.2, 0) is 20.0 Å². The van der Waals surface area contributed by atoms with Crippen LogP contribution in [0, 0.1) is 13.8 Å². The molecule has 2 N–H and O–H groups in total. The second-order valence-corrected chi connectivity index (χ2v) is 12.2. The van der Waals surface area contributed by atoms with E-state index in [0.717, 1.165) is 22.5 Å². The summed E-state index contributed by atoms with van der Waals surface area (Å²) in [6.45, 7) is 3.76. The van der Waals surface area contributed by atoms with Gasteiger partial charge in [-0.05, 0) is 77.8 Å². The molecule has 148 valence electrons. The highest BCUT2D eigenvalue weighted by Gasteiger charge is 2.18. The summed E-state index contributed by atoms with van der Waals surface area (Å²) < 4.78 is 55.8. The number of anilines is 2. The average molecular weight is 501 g/mol. The maximum atomic E-state index is 12.6. The van der Waals surface area contributed by atoms with Crippen LogP contribution in [0.25, 0.3) is 0 Å². The zero-order chi connectivity index (χ0) is 20.5. The van der Waals surface area contributed by atoms with E-state index in [-0.39, 0.29) is 14.8 Å². The SMILES string of the molecule is Cc1ccc(NS(=O)(=O)c2ccc(NS(=O)(=O)c3ccc(Br)s3)cc2)c(C)c1. The summed E-state index contributed by atoms with van der Waals surface area (Å²) in [5, 5.41) is 0. The molecule has 3 aromatic rings. The third-order valence-electron chi connectivity index (χ3n) is 3.86. The Morgan fingerprint density at radius 2 is 1.50 bits per heavy atom. The van der Waals surface area contributed by atoms with Crippen LogP contribution in [0.15, 0.2) is 67.5 Å². The van der Waals surface area contributed by atoms with Gasteiger partial charge in [-0.25, -0.2) is 16.8 Å². The topological polar surface area (TPSA) is 92.3 Å². The fourth-order valence-corrected chi connectivity index (χ4v) is 6.68. The van der Waals surface area contributed by atoms with Crippen molar-refractivity contribution in [3.05, 3.63) is 69.5 Å². The molecule has 0 spiro atoms. The Hall–Kier alpha value is -1.88. The van der Waals surface area contributed by atoms with Crippen molar-refractivity contribution in [2.45, 2.75) is 23.0 Å². The maximum absolute atomic E-state index is 12.6. The van der Waals surface area contributed by atoms with Gasteiger partial charge in [-0.15, -0.1) is 11.3 Å². The lowest BCUT2D eigenvalue weighted by atomic mass is 10.1. The van der Waals surface area contributed by atoms with E-state index in [1.165, 1.54) is 30.3 Å². The van der Waals surface area contributed by atoms with Crippen molar-refractivity contribution in [3.63, 3.8) is 0 Å². The summed E-state index contributed by atoms with van der Waals surface area (Å²) in [7, 11) is -7.51. The molecule has 3 rings (SSSR count). The van der Waals surface area contributed by atoms with Crippen molar-refractivity contribution in [1.82, 2.24) is 0 Å². The Labute approximate surface area is 176 Å². The second-order valence-electron chi connectivity index (χ2n) is 6.11. The van der Waals surface area contributed by atoms with Crippen molar-refractivity contribution >= 4 is 58.7 Å². The second kappa shape index (κ2) is 7.86. The van der Waals surface area contributed by atoms with Crippen LogP contribution in [0.3, 0.4) is 0 Å². The van der Waals surface area contributed by atoms with E-state index >= 15 is 0 Å². The lowest BCUT2D eigenvalue weighted by molar-refractivity contribution is 0.600. The summed E-state index contributed by atoms with van der Waals surface area (Å²) in [5.74, 6) is 0. The molecule has 0 saturated carbocycles. The van der Waals surface area contributed by atoms with Gasteiger partial charge in [-0.2, -0.15) is 0 Å². The van der Waals surface area contributed by atoms with Gasteiger partial charge in [0.25, 0.3) is 20.0 Å². The Morgan fingerprint density at radius 1 is 0.821 bits per heavy atom. The lowest BCUT2D eigenvalue weighted by Gasteiger charge is -2.12. The molecule has 0 saturated heterocycles. The summed E-state index contributed by atoms with van der Waals surface area (Å²) in [6, 6.07) is 14.1. The molecule has 0 radical (unpaired) electrons. The predicted molar refractivity (Wildman–Crippen MR) is 116 cm³/mol. The predicted octanol–water partition coefficient (Wildman–Crippen LogP) is 4.73. The van der Waals surface area contributed by atoms with Crippen molar-refractivity contribution in [1.29, 1.82) is 0 Å². The summed E-state index contributed by atoms with van der Waals surface area (Å²) in [4.78, 5) is 0.0364. The molecule has 0 aliphatic heterocycles. The van der Waals surface area contributed by atoms with Gasteiger partial charge in [0, 0.05) is 5.69 Å². The molecule has 2 aromatic carbocycles. The molecule has 0 aliphatic carbocycles. The molecule has 0 unspecified atom stereocenters. The number of nitrogens with one attached hydrogen (secondary N) is 2. The fraction of sp³-hybridized carbons (Fsp3) is 0.111. The van der Waals surface area contributed by atoms with Gasteiger partial charge < -0.3 is 0 Å². The highest BCUT2D eigenvalue weighted by molar-refractivity contribution is 9.11. The van der Waals surface area contributed by atoms with Gasteiger partial charge in [-0.1, -0.05) is 17.7 Å². The first-order valence-corrected chi connectivity index (χ1v) is 12.6. The normalized spacial score (nSPS) is 12.0. The first-order valence-electron chi connectivity index (χ1n) is 8.05. The van der Waals surface area contributed by atoms with Gasteiger partial charge in [0.05, 0.1) is 14.4 Å². The van der Waals surface area contributed by atoms with Gasteiger partial charge in [0.1, 0.15) is 4.21 Å². The molecule has 28 heavy (non-hydrogen) atoms. The number of benzene rings is 2. The number of sulfonamides is 2. The largest absolute Gasteiger partial charge is 0.279 e. The Bertz CT molecular complexity index is 1220. The number of rotatable bonds is 6. The number of halogens is 1. The molecule has 0 aliphatic rings. The lowest BCUT2D eigenvalue weighted by Crippen LogP contribution is -2.14. The summed E-state index contributed by atoms with van der Waals surface area (Å²) in [5.41, 5.74) is 2.62. The number of hydrogen-bond acceptors (Lipinski definition) is 5. The molecule has 0 atom stereocenters. The molecule has 1 heterocycles. The first kappa shape index (κ1) is 20.8. The van der Waals surface area contributed by atoms with Crippen LogP contribution in [0.4, 0.5) is 11.4 Å². The zero-order valence-electron chi connectivity index (χ0n) is 14.9. The Balaban J connectivity index is 1.79. The van der Waals surface area contributed by atoms with Crippen LogP contribution in [0.1, 0.15) is 11.1 Å². The van der Waals surface area contributed by atoms with Crippen molar-refractivity contribution < 1.29 is 16.8 Å². The van der Waals surface area contributed by atoms with Crippen molar-refractivity contribution in [3.8, 4) is 0 Å². The van der Waals surface area contributed by atoms with Crippen LogP contribution in [0.2, 0.25) is 0 Å². The quantitative estimate of drug-likeness (QED) is 0.511. The average Bonchev–Trinajstić information content (AvgIpc) is 3.05. The van der Waals surface area contributed by atoms with Crippen LogP contribution in [0.5, 0.6) is 0 Å². The fourth-order valence-electron chi connectivity index (χ4n) is 2.48. The van der Waals surface area contributed by atoms with E-state index < -0.39 is 20.0 Å². The van der Waals surface area contributed by atoms with Gasteiger partial charge in [-0.3, -0.25) is 9.44 Å². The van der Waals surface area contributed by atoms with E-state index in [4.69, 9.17) is 0 Å². The highest BCUT2D eigenvalue weighted by Crippen LogP contribution is 2.28. The van der Waals surface area contributed by atoms with Gasteiger partial charge in [0.2, 0.25) is 0 Å². The zero-order valence-corrected chi connectivity index (χ0v) is 19.0. The highest BCUT2D eigenvalue weighted by atomic mass is 79.9. The van der Waals surface area contributed by atoms with E-state index in [1.807, 2.05) is 26.0 Å². The molecule has 1 aromatic heterocycles. The molecule has 6 nitrogen and oxygen atoms in total. The maximum Gasteiger partial charge on any atom is 0.271 e. The van der Waals surface area contributed by atoms with E-state index in [0.29, 0.717) is 9.47 Å². The monoisotopic (exact) mass is 500 g/mol. The van der Waals surface area contributed by atoms with Crippen LogP contribution in [-0.4, -0.2) is 16.8 Å². The van der Waals surface area contributed by atoms with E-state index in [1.54, 1.807) is 12.1 Å². The number of hydrogen-bond donors (Lipinski definition) is 2. The number of thiophene rings is 1. The standard InChI is InChI=1S/C18H17BrN2O4S3/c1-12-3-8-16(13(2)11-12)21-27(22,23)15-6-4-14(5-7-15)20-28(24,25)18-10-9-17(19)26-18/h3-11,20-21H,1-2H3. The minimum absolute atomic E-state index is 0.0364. The Morgan fingerprint density at radius 3 is 2.07 bits per heavy atom. The first-order chi connectivity index (χ1) is 13.1. The molecule has 0 amide bonds. The van der Waals surface area contributed by atoms with E-state index in [2.05, 4.69) is 25.4 Å². The molecular formula is C18H17BrN2O4S3. The summed E-state index contributed by atoms with van der Waals surface area (Å²) >= 11 is 4.32. The minimum atomic E-state index is -3.79. The van der Waals surface area contributed by atoms with Crippen LogP contribution >= 0.6 is 27.3 Å². The van der Waals surface area contributed by atoms with Crippen molar-refractivity contribution in [2.75, 3.05) is 9.44 Å². The smallest absolute Gasteiger partial charge is 0.271 e. The minimum Gasteiger partial charge on any atom is -0.279 e. The third-order valence-corrected chi connectivity index (χ3v) is 8.73. The molecule has 0 bridgehead atoms. The Kier molecular flexibility index (Phi) is 5.85. The van der Waals surface area contributed by atoms with Gasteiger partial charge in [0.15, 0.2) is 0 Å². The molecule has 10 heteroatoms. The third kappa shape index (κ3) is 4.75. The van der Waals surface area contributed by atoms with Crippen molar-refractivity contribution in [2.24, 2.45) is 0 Å². The van der Waals surface area contributed by atoms with Crippen LogP contribution < -0.4 is 9.44 Å². The van der Waals surface area contributed by atoms with Gasteiger partial charge >= 0.3 is 0 Å². The molecule has 0 fully saturated rings.